The molecule has 0 aliphatic carbocycles. The number of methoxy groups -OCH3 is 2. The highest BCUT2D eigenvalue weighted by Crippen LogP contribution is 2.26. The molecule has 2 aromatic carbocycles. The van der Waals surface area contributed by atoms with E-state index >= 15 is 0 Å². The Morgan fingerprint density at radius 3 is 2.50 bits per heavy atom. The summed E-state index contributed by atoms with van der Waals surface area (Å²) in [7, 11) is 6.23. The maximum atomic E-state index is 14.1. The minimum atomic E-state index is -0.598. The van der Waals surface area contributed by atoms with Crippen molar-refractivity contribution in [2.75, 3.05) is 19.6 Å². The molecule has 2 heterocycles. The minimum Gasteiger partial charge on any atom is -0.493 e. The fourth-order valence-electron chi connectivity index (χ4n) is 3.58. The standard InChI is InChI=1S/C23H23FN6O4/c1-28-19-20(26-22(28)27-25-12-14-9-10-17(33-3)18(11-14)34-4)29(2)23(32)30(21(19)31)13-15-7-5-6-8-16(15)24/h5-12H,13H2,1-4H3,(H,26,27)/b25-12+. The van der Waals surface area contributed by atoms with Crippen LogP contribution in [-0.4, -0.2) is 39.1 Å². The Hall–Kier alpha value is -4.41. The molecule has 0 spiro atoms. The zero-order chi connectivity index (χ0) is 24.4. The van der Waals surface area contributed by atoms with Crippen LogP contribution in [-0.2, 0) is 20.6 Å². The number of aromatic nitrogens is 4. The van der Waals surface area contributed by atoms with Gasteiger partial charge in [0.25, 0.3) is 5.56 Å². The number of benzene rings is 2. The molecule has 0 aliphatic rings. The molecular formula is C23H23FN6O4. The summed E-state index contributed by atoms with van der Waals surface area (Å²) in [4.78, 5) is 30.3. The summed E-state index contributed by atoms with van der Waals surface area (Å²) in [5, 5.41) is 4.18. The largest absolute Gasteiger partial charge is 0.493 e. The van der Waals surface area contributed by atoms with E-state index in [9.17, 15) is 14.0 Å². The van der Waals surface area contributed by atoms with Gasteiger partial charge in [-0.25, -0.2) is 14.6 Å². The van der Waals surface area contributed by atoms with E-state index in [-0.39, 0.29) is 29.2 Å². The average Bonchev–Trinajstić information content (AvgIpc) is 3.17. The van der Waals surface area contributed by atoms with Gasteiger partial charge in [-0.3, -0.25) is 13.9 Å². The number of ether oxygens (including phenoxy) is 2. The highest BCUT2D eigenvalue weighted by Gasteiger charge is 2.19. The number of hydrogen-bond acceptors (Lipinski definition) is 7. The lowest BCUT2D eigenvalue weighted by Crippen LogP contribution is -2.40. The second kappa shape index (κ2) is 9.22. The first-order valence-corrected chi connectivity index (χ1v) is 10.3. The SMILES string of the molecule is COc1ccc(/C=N/Nc2nc3c(c(=O)n(Cc4ccccc4F)c(=O)n3C)n2C)cc1OC. The van der Waals surface area contributed by atoms with Gasteiger partial charge in [0, 0.05) is 19.7 Å². The Kier molecular flexibility index (Phi) is 6.17. The summed E-state index contributed by atoms with van der Waals surface area (Å²) in [5.41, 5.74) is 2.97. The van der Waals surface area contributed by atoms with Gasteiger partial charge >= 0.3 is 5.69 Å². The van der Waals surface area contributed by atoms with Crippen molar-refractivity contribution in [1.82, 2.24) is 18.7 Å². The highest BCUT2D eigenvalue weighted by atomic mass is 19.1. The first-order chi connectivity index (χ1) is 16.3. The number of fused-ring (bicyclic) bond motifs is 1. The van der Waals surface area contributed by atoms with Crippen molar-refractivity contribution in [3.8, 4) is 11.5 Å². The molecule has 4 rings (SSSR count). The van der Waals surface area contributed by atoms with E-state index in [0.29, 0.717) is 11.5 Å². The smallest absolute Gasteiger partial charge is 0.332 e. The molecule has 0 amide bonds. The van der Waals surface area contributed by atoms with Gasteiger partial charge in [-0.2, -0.15) is 10.1 Å². The third-order valence-electron chi connectivity index (χ3n) is 5.43. The first kappa shape index (κ1) is 22.8. The van der Waals surface area contributed by atoms with Crippen LogP contribution in [0, 0.1) is 5.82 Å². The number of hydrogen-bond donors (Lipinski definition) is 1. The van der Waals surface area contributed by atoms with Gasteiger partial charge in [-0.05, 0) is 29.8 Å². The fraction of sp³-hybridized carbons (Fsp3) is 0.217. The summed E-state index contributed by atoms with van der Waals surface area (Å²) >= 11 is 0. The maximum Gasteiger partial charge on any atom is 0.332 e. The number of rotatable bonds is 7. The molecule has 0 saturated carbocycles. The molecule has 0 atom stereocenters. The van der Waals surface area contributed by atoms with Gasteiger partial charge in [0.2, 0.25) is 5.95 Å². The van der Waals surface area contributed by atoms with E-state index in [1.165, 1.54) is 28.3 Å². The second-order valence-corrected chi connectivity index (χ2v) is 7.48. The fourth-order valence-corrected chi connectivity index (χ4v) is 3.58. The van der Waals surface area contributed by atoms with Gasteiger partial charge in [0.1, 0.15) is 5.82 Å². The molecule has 0 saturated heterocycles. The van der Waals surface area contributed by atoms with Gasteiger partial charge in [-0.1, -0.05) is 18.2 Å². The van der Waals surface area contributed by atoms with Gasteiger partial charge < -0.3 is 14.0 Å². The van der Waals surface area contributed by atoms with E-state index < -0.39 is 17.1 Å². The monoisotopic (exact) mass is 466 g/mol. The van der Waals surface area contributed by atoms with Crippen LogP contribution in [0.4, 0.5) is 10.3 Å². The number of halogens is 1. The molecule has 1 N–H and O–H groups in total. The lowest BCUT2D eigenvalue weighted by atomic mass is 10.2. The van der Waals surface area contributed by atoms with Gasteiger partial charge in [0.05, 0.1) is 27.0 Å². The molecule has 0 fully saturated rings. The number of imidazole rings is 1. The summed E-state index contributed by atoms with van der Waals surface area (Å²) in [6.07, 6.45) is 1.55. The Morgan fingerprint density at radius 2 is 1.79 bits per heavy atom. The topological polar surface area (TPSA) is 105 Å². The van der Waals surface area contributed by atoms with Crippen molar-refractivity contribution >= 4 is 23.3 Å². The number of nitrogens with zero attached hydrogens (tertiary/aromatic N) is 5. The van der Waals surface area contributed by atoms with Crippen molar-refractivity contribution in [3.05, 3.63) is 80.2 Å². The number of nitrogens with one attached hydrogen (secondary N) is 1. The van der Waals surface area contributed by atoms with Gasteiger partial charge in [-0.15, -0.1) is 0 Å². The lowest BCUT2D eigenvalue weighted by Gasteiger charge is -2.09. The van der Waals surface area contributed by atoms with Crippen LogP contribution in [0.1, 0.15) is 11.1 Å². The Labute approximate surface area is 193 Å². The summed E-state index contributed by atoms with van der Waals surface area (Å²) in [5.74, 6) is 0.908. The van der Waals surface area contributed by atoms with E-state index in [2.05, 4.69) is 15.5 Å². The van der Waals surface area contributed by atoms with E-state index in [0.717, 1.165) is 10.1 Å². The Balaban J connectivity index is 1.69. The number of aryl methyl sites for hydroxylation is 2. The van der Waals surface area contributed by atoms with Crippen molar-refractivity contribution in [3.63, 3.8) is 0 Å². The van der Waals surface area contributed by atoms with E-state index in [1.807, 2.05) is 0 Å². The summed E-state index contributed by atoms with van der Waals surface area (Å²) in [6.45, 7) is -0.195. The molecule has 0 aliphatic heterocycles. The van der Waals surface area contributed by atoms with Crippen molar-refractivity contribution in [1.29, 1.82) is 0 Å². The maximum absolute atomic E-state index is 14.1. The summed E-state index contributed by atoms with van der Waals surface area (Å²) < 4.78 is 28.4. The molecule has 0 unspecified atom stereocenters. The van der Waals surface area contributed by atoms with Crippen molar-refractivity contribution in [2.45, 2.75) is 6.54 Å². The molecular weight excluding hydrogens is 443 g/mol. The minimum absolute atomic E-state index is 0.183. The molecule has 4 aromatic rings. The zero-order valence-electron chi connectivity index (χ0n) is 19.1. The number of anilines is 1. The van der Waals surface area contributed by atoms with Crippen molar-refractivity contribution < 1.29 is 13.9 Å². The molecule has 2 aromatic heterocycles. The average molecular weight is 466 g/mol. The second-order valence-electron chi connectivity index (χ2n) is 7.48. The number of hydrazone groups is 1. The third-order valence-corrected chi connectivity index (χ3v) is 5.43. The molecule has 0 bridgehead atoms. The van der Waals surface area contributed by atoms with Crippen LogP contribution in [0.5, 0.6) is 11.5 Å². The summed E-state index contributed by atoms with van der Waals surface area (Å²) in [6, 6.07) is 11.3. The Bertz CT molecular complexity index is 1520. The Morgan fingerprint density at radius 1 is 1.06 bits per heavy atom. The van der Waals surface area contributed by atoms with E-state index in [1.54, 1.807) is 57.8 Å². The third kappa shape index (κ3) is 4.03. The van der Waals surface area contributed by atoms with Crippen molar-refractivity contribution in [2.24, 2.45) is 19.2 Å². The predicted octanol–water partition coefficient (Wildman–Crippen LogP) is 2.08. The highest BCUT2D eigenvalue weighted by molar-refractivity contribution is 5.81. The van der Waals surface area contributed by atoms with Crippen LogP contribution >= 0.6 is 0 Å². The zero-order valence-corrected chi connectivity index (χ0v) is 19.1. The molecule has 10 nitrogen and oxygen atoms in total. The normalized spacial score (nSPS) is 11.3. The van der Waals surface area contributed by atoms with Gasteiger partial charge in [0.15, 0.2) is 22.7 Å². The van der Waals surface area contributed by atoms with Crippen LogP contribution in [0.25, 0.3) is 11.2 Å². The van der Waals surface area contributed by atoms with Crippen LogP contribution in [0.2, 0.25) is 0 Å². The van der Waals surface area contributed by atoms with Crippen LogP contribution in [0.3, 0.4) is 0 Å². The van der Waals surface area contributed by atoms with Crippen LogP contribution < -0.4 is 26.1 Å². The first-order valence-electron chi connectivity index (χ1n) is 10.3. The van der Waals surface area contributed by atoms with Crippen LogP contribution in [0.15, 0.2) is 57.2 Å². The molecule has 11 heteroatoms. The predicted molar refractivity (Wildman–Crippen MR) is 126 cm³/mol. The lowest BCUT2D eigenvalue weighted by molar-refractivity contribution is 0.355. The molecule has 0 radical (unpaired) electrons. The molecule has 176 valence electrons. The molecule has 34 heavy (non-hydrogen) atoms. The van der Waals surface area contributed by atoms with E-state index in [4.69, 9.17) is 9.47 Å². The quantitative estimate of drug-likeness (QED) is 0.330.